The molecule has 1 aliphatic heterocycles. The van der Waals surface area contributed by atoms with E-state index in [0.717, 1.165) is 19.3 Å². The van der Waals surface area contributed by atoms with Crippen LogP contribution in [-0.4, -0.2) is 30.8 Å². The molecule has 0 amide bonds. The molecule has 110 valence electrons. The molecule has 6 heteroatoms. The van der Waals surface area contributed by atoms with Crippen LogP contribution in [0.3, 0.4) is 0 Å². The second-order valence-electron chi connectivity index (χ2n) is 5.33. The van der Waals surface area contributed by atoms with Crippen molar-refractivity contribution in [2.45, 2.75) is 31.1 Å². The van der Waals surface area contributed by atoms with E-state index < -0.39 is 10.0 Å². The van der Waals surface area contributed by atoms with Crippen LogP contribution in [-0.2, 0) is 10.0 Å². The summed E-state index contributed by atoms with van der Waals surface area (Å²) in [6.45, 7) is 3.37. The van der Waals surface area contributed by atoms with Crippen LogP contribution in [0.5, 0.6) is 0 Å². The lowest BCUT2D eigenvalue weighted by Crippen LogP contribution is -2.32. The predicted molar refractivity (Wildman–Crippen MR) is 84.1 cm³/mol. The summed E-state index contributed by atoms with van der Waals surface area (Å²) in [5, 5.41) is 0. The minimum absolute atomic E-state index is 0.276. The Labute approximate surface area is 126 Å². The van der Waals surface area contributed by atoms with Crippen molar-refractivity contribution in [3.05, 3.63) is 29.8 Å². The van der Waals surface area contributed by atoms with Gasteiger partial charge in [0.2, 0.25) is 10.0 Å². The summed E-state index contributed by atoms with van der Waals surface area (Å²) < 4.78 is 26.8. The van der Waals surface area contributed by atoms with Gasteiger partial charge in [-0.25, -0.2) is 8.42 Å². The lowest BCUT2D eigenvalue weighted by Gasteiger charge is -2.20. The maximum atomic E-state index is 12.6. The molecular formula is C14H20N2O2S2. The van der Waals surface area contributed by atoms with Crippen molar-refractivity contribution in [1.82, 2.24) is 4.31 Å². The average molecular weight is 312 g/mol. The Hall–Kier alpha value is -0.980. The van der Waals surface area contributed by atoms with Crippen LogP contribution in [0.15, 0.2) is 29.2 Å². The normalized spacial score (nSPS) is 21.4. The highest BCUT2D eigenvalue weighted by molar-refractivity contribution is 7.89. The van der Waals surface area contributed by atoms with Crippen LogP contribution >= 0.6 is 12.2 Å². The number of hydrogen-bond acceptors (Lipinski definition) is 3. The summed E-state index contributed by atoms with van der Waals surface area (Å²) in [5.74, 6) is 0.590. The minimum Gasteiger partial charge on any atom is -0.389 e. The fourth-order valence-corrected chi connectivity index (χ4v) is 4.05. The molecule has 1 aromatic rings. The van der Waals surface area contributed by atoms with Gasteiger partial charge < -0.3 is 5.73 Å². The quantitative estimate of drug-likeness (QED) is 0.869. The van der Waals surface area contributed by atoms with E-state index in [9.17, 15) is 8.42 Å². The molecule has 2 N–H and O–H groups in total. The van der Waals surface area contributed by atoms with E-state index in [4.69, 9.17) is 18.0 Å². The Kier molecular flexibility index (Phi) is 4.78. The number of rotatable bonds is 3. The Balaban J connectivity index is 2.23. The van der Waals surface area contributed by atoms with E-state index in [0.29, 0.717) is 29.5 Å². The smallest absolute Gasteiger partial charge is 0.243 e. The molecule has 0 bridgehead atoms. The van der Waals surface area contributed by atoms with Crippen molar-refractivity contribution >= 4 is 27.2 Å². The number of sulfonamides is 1. The van der Waals surface area contributed by atoms with Crippen LogP contribution in [0.4, 0.5) is 0 Å². The van der Waals surface area contributed by atoms with Crippen LogP contribution < -0.4 is 5.73 Å². The van der Waals surface area contributed by atoms with Gasteiger partial charge in [0.25, 0.3) is 0 Å². The number of hydrogen-bond donors (Lipinski definition) is 1. The molecule has 2 rings (SSSR count). The summed E-state index contributed by atoms with van der Waals surface area (Å²) in [6.07, 6.45) is 2.93. The van der Waals surface area contributed by atoms with Crippen molar-refractivity contribution < 1.29 is 8.42 Å². The zero-order valence-electron chi connectivity index (χ0n) is 11.6. The van der Waals surface area contributed by atoms with Gasteiger partial charge >= 0.3 is 0 Å². The highest BCUT2D eigenvalue weighted by atomic mass is 32.2. The Morgan fingerprint density at radius 1 is 1.25 bits per heavy atom. The molecule has 1 fully saturated rings. The van der Waals surface area contributed by atoms with E-state index in [1.807, 2.05) is 0 Å². The number of nitrogens with two attached hydrogens (primary N) is 1. The molecule has 1 atom stereocenters. The van der Waals surface area contributed by atoms with Crippen LogP contribution in [0.25, 0.3) is 0 Å². The molecule has 0 aromatic heterocycles. The highest BCUT2D eigenvalue weighted by Crippen LogP contribution is 2.23. The molecule has 0 radical (unpaired) electrons. The predicted octanol–water partition coefficient (Wildman–Crippen LogP) is 2.13. The molecule has 0 saturated carbocycles. The summed E-state index contributed by atoms with van der Waals surface area (Å²) in [7, 11) is -3.40. The van der Waals surface area contributed by atoms with Crippen molar-refractivity contribution in [2.24, 2.45) is 11.7 Å². The Bertz CT molecular complexity index is 582. The standard InChI is InChI=1S/C14H20N2O2S2/c1-11-3-2-9-16(10-8-11)20(17,18)13-6-4-12(5-7-13)14(15)19/h4-7,11H,2-3,8-10H2,1H3,(H2,15,19). The third-order valence-corrected chi connectivity index (χ3v) is 5.90. The minimum atomic E-state index is -3.40. The zero-order valence-corrected chi connectivity index (χ0v) is 13.2. The largest absolute Gasteiger partial charge is 0.389 e. The topological polar surface area (TPSA) is 63.4 Å². The van der Waals surface area contributed by atoms with Gasteiger partial charge in [-0.2, -0.15) is 4.31 Å². The van der Waals surface area contributed by atoms with E-state index >= 15 is 0 Å². The van der Waals surface area contributed by atoms with Crippen LogP contribution in [0.1, 0.15) is 31.7 Å². The summed E-state index contributed by atoms with van der Waals surface area (Å²) >= 11 is 4.87. The zero-order chi connectivity index (χ0) is 14.8. The van der Waals surface area contributed by atoms with Gasteiger partial charge in [0.05, 0.1) is 4.90 Å². The molecule has 1 heterocycles. The molecular weight excluding hydrogens is 292 g/mol. The van der Waals surface area contributed by atoms with Crippen molar-refractivity contribution in [1.29, 1.82) is 0 Å². The first-order valence-corrected chi connectivity index (χ1v) is 8.66. The highest BCUT2D eigenvalue weighted by Gasteiger charge is 2.26. The van der Waals surface area contributed by atoms with Gasteiger partial charge in [0.1, 0.15) is 4.99 Å². The van der Waals surface area contributed by atoms with Gasteiger partial charge in [-0.05, 0) is 37.3 Å². The van der Waals surface area contributed by atoms with Gasteiger partial charge in [-0.3, -0.25) is 0 Å². The van der Waals surface area contributed by atoms with E-state index in [-0.39, 0.29) is 4.99 Å². The maximum absolute atomic E-state index is 12.6. The average Bonchev–Trinajstić information content (AvgIpc) is 2.64. The molecule has 1 unspecified atom stereocenters. The molecule has 4 nitrogen and oxygen atoms in total. The second-order valence-corrected chi connectivity index (χ2v) is 7.71. The maximum Gasteiger partial charge on any atom is 0.243 e. The van der Waals surface area contributed by atoms with E-state index in [2.05, 4.69) is 6.92 Å². The second kappa shape index (κ2) is 6.20. The van der Waals surface area contributed by atoms with Gasteiger partial charge in [-0.1, -0.05) is 31.3 Å². The lowest BCUT2D eigenvalue weighted by atomic mass is 10.0. The van der Waals surface area contributed by atoms with E-state index in [1.165, 1.54) is 0 Å². The number of nitrogens with zero attached hydrogens (tertiary/aromatic N) is 1. The van der Waals surface area contributed by atoms with E-state index in [1.54, 1.807) is 28.6 Å². The first-order valence-electron chi connectivity index (χ1n) is 6.81. The monoisotopic (exact) mass is 312 g/mol. The molecule has 1 aliphatic rings. The van der Waals surface area contributed by atoms with Crippen molar-refractivity contribution in [3.63, 3.8) is 0 Å². The Morgan fingerprint density at radius 3 is 2.50 bits per heavy atom. The fourth-order valence-electron chi connectivity index (χ4n) is 2.42. The molecule has 1 saturated heterocycles. The van der Waals surface area contributed by atoms with Gasteiger partial charge in [0.15, 0.2) is 0 Å². The van der Waals surface area contributed by atoms with Gasteiger partial charge in [0, 0.05) is 18.7 Å². The molecule has 20 heavy (non-hydrogen) atoms. The fraction of sp³-hybridized carbons (Fsp3) is 0.500. The summed E-state index contributed by atoms with van der Waals surface area (Å²) in [5.41, 5.74) is 6.21. The summed E-state index contributed by atoms with van der Waals surface area (Å²) in [4.78, 5) is 0.588. The van der Waals surface area contributed by atoms with Crippen LogP contribution in [0.2, 0.25) is 0 Å². The molecule has 0 aliphatic carbocycles. The Morgan fingerprint density at radius 2 is 1.90 bits per heavy atom. The SMILES string of the molecule is CC1CCCN(S(=O)(=O)c2ccc(C(N)=S)cc2)CC1. The molecule has 0 spiro atoms. The van der Waals surface area contributed by atoms with Gasteiger partial charge in [-0.15, -0.1) is 0 Å². The van der Waals surface area contributed by atoms with Crippen molar-refractivity contribution in [2.75, 3.05) is 13.1 Å². The number of thiocarbonyl (C=S) groups is 1. The first kappa shape index (κ1) is 15.4. The number of benzene rings is 1. The first-order chi connectivity index (χ1) is 9.41. The van der Waals surface area contributed by atoms with Crippen LogP contribution in [0, 0.1) is 5.92 Å². The lowest BCUT2D eigenvalue weighted by molar-refractivity contribution is 0.417. The summed E-state index contributed by atoms with van der Waals surface area (Å²) in [6, 6.07) is 6.49. The third kappa shape index (κ3) is 3.37. The molecule has 1 aromatic carbocycles. The van der Waals surface area contributed by atoms with Crippen molar-refractivity contribution in [3.8, 4) is 0 Å². The third-order valence-electron chi connectivity index (χ3n) is 3.75.